The molecule has 0 N–H and O–H groups in total. The highest BCUT2D eigenvalue weighted by Crippen LogP contribution is 2.57. The molecular formula is C57H39N. The molecule has 0 amide bonds. The van der Waals surface area contributed by atoms with Crippen LogP contribution in [-0.2, 0) is 5.41 Å². The van der Waals surface area contributed by atoms with E-state index in [9.17, 15) is 0 Å². The van der Waals surface area contributed by atoms with Gasteiger partial charge >= 0.3 is 0 Å². The van der Waals surface area contributed by atoms with Gasteiger partial charge in [0.1, 0.15) is 0 Å². The first-order chi connectivity index (χ1) is 28.8. The second-order valence-corrected chi connectivity index (χ2v) is 15.2. The molecule has 0 aromatic heterocycles. The van der Waals surface area contributed by atoms with Gasteiger partial charge in [-0.3, -0.25) is 0 Å². The molecule has 58 heavy (non-hydrogen) atoms. The largest absolute Gasteiger partial charge is 0.310 e. The Morgan fingerprint density at radius 1 is 0.276 bits per heavy atom. The van der Waals surface area contributed by atoms with Gasteiger partial charge in [-0.15, -0.1) is 0 Å². The highest BCUT2D eigenvalue weighted by molar-refractivity contribution is 6.13. The molecule has 0 atom stereocenters. The first kappa shape index (κ1) is 33.8. The molecule has 11 rings (SSSR count). The van der Waals surface area contributed by atoms with E-state index in [4.69, 9.17) is 0 Å². The molecule has 1 aliphatic rings. The van der Waals surface area contributed by atoms with Crippen molar-refractivity contribution in [2.75, 3.05) is 4.90 Å². The number of anilines is 3. The molecule has 10 aromatic rings. The minimum absolute atomic E-state index is 0.445. The van der Waals surface area contributed by atoms with Gasteiger partial charge in [-0.1, -0.05) is 194 Å². The average molecular weight is 738 g/mol. The standard InChI is InChI=1S/C57H39N/c1-4-16-40(17-5-1)41-28-32-46(33-29-41)58(47-34-30-42(31-35-47)53-38-43-18-10-11-23-49(43)50-24-12-13-25-51(50)53)48-36-37-56-54(39-48)52-26-14-15-27-55(52)57(56,44-19-6-2-7-20-44)45-21-8-3-9-22-45/h1-39H. The maximum atomic E-state index is 2.41. The van der Waals surface area contributed by atoms with Crippen molar-refractivity contribution in [3.8, 4) is 33.4 Å². The van der Waals surface area contributed by atoms with E-state index in [1.54, 1.807) is 0 Å². The third kappa shape index (κ3) is 5.39. The lowest BCUT2D eigenvalue weighted by Crippen LogP contribution is -2.28. The van der Waals surface area contributed by atoms with Crippen molar-refractivity contribution in [2.45, 2.75) is 5.41 Å². The van der Waals surface area contributed by atoms with Crippen LogP contribution in [-0.4, -0.2) is 0 Å². The highest BCUT2D eigenvalue weighted by Gasteiger charge is 2.46. The molecule has 1 aliphatic carbocycles. The summed E-state index contributed by atoms with van der Waals surface area (Å²) in [6.07, 6.45) is 0. The Balaban J connectivity index is 1.09. The quantitative estimate of drug-likeness (QED) is 0.147. The van der Waals surface area contributed by atoms with Crippen molar-refractivity contribution < 1.29 is 0 Å². The maximum Gasteiger partial charge on any atom is 0.0713 e. The smallest absolute Gasteiger partial charge is 0.0713 e. The van der Waals surface area contributed by atoms with Gasteiger partial charge in [-0.25, -0.2) is 0 Å². The minimum atomic E-state index is -0.445. The van der Waals surface area contributed by atoms with E-state index >= 15 is 0 Å². The van der Waals surface area contributed by atoms with Crippen LogP contribution in [0.25, 0.3) is 54.9 Å². The Hall–Kier alpha value is -7.48. The number of fused-ring (bicyclic) bond motifs is 6. The predicted octanol–water partition coefficient (Wildman–Crippen LogP) is 15.2. The van der Waals surface area contributed by atoms with Gasteiger partial charge in [0.2, 0.25) is 0 Å². The van der Waals surface area contributed by atoms with E-state index in [0.29, 0.717) is 0 Å². The topological polar surface area (TPSA) is 3.24 Å². The minimum Gasteiger partial charge on any atom is -0.310 e. The zero-order chi connectivity index (χ0) is 38.5. The van der Waals surface area contributed by atoms with Gasteiger partial charge in [-0.2, -0.15) is 0 Å². The average Bonchev–Trinajstić information content (AvgIpc) is 3.61. The summed E-state index contributed by atoms with van der Waals surface area (Å²) in [6.45, 7) is 0. The second kappa shape index (κ2) is 13.9. The Morgan fingerprint density at radius 2 is 0.759 bits per heavy atom. The molecule has 0 unspecified atom stereocenters. The van der Waals surface area contributed by atoms with Crippen LogP contribution in [0.5, 0.6) is 0 Å². The molecule has 0 bridgehead atoms. The van der Waals surface area contributed by atoms with Crippen molar-refractivity contribution in [1.29, 1.82) is 0 Å². The summed E-state index contributed by atoms with van der Waals surface area (Å²) < 4.78 is 0. The van der Waals surface area contributed by atoms with Crippen molar-refractivity contribution in [3.63, 3.8) is 0 Å². The van der Waals surface area contributed by atoms with Gasteiger partial charge in [0, 0.05) is 17.1 Å². The third-order valence-electron chi connectivity index (χ3n) is 12.1. The predicted molar refractivity (Wildman–Crippen MR) is 244 cm³/mol. The Kier molecular flexibility index (Phi) is 8.12. The van der Waals surface area contributed by atoms with Crippen LogP contribution in [0.15, 0.2) is 237 Å². The molecule has 10 aromatic carbocycles. The summed E-state index contributed by atoms with van der Waals surface area (Å²) in [5, 5.41) is 5.08. The molecule has 0 saturated heterocycles. The van der Waals surface area contributed by atoms with Crippen molar-refractivity contribution >= 4 is 38.6 Å². The summed E-state index contributed by atoms with van der Waals surface area (Å²) in [5.41, 5.74) is 15.4. The third-order valence-corrected chi connectivity index (χ3v) is 12.1. The summed E-state index contributed by atoms with van der Waals surface area (Å²) in [4.78, 5) is 2.41. The van der Waals surface area contributed by atoms with Crippen LogP contribution in [0, 0.1) is 0 Å². The lowest BCUT2D eigenvalue weighted by Gasteiger charge is -2.34. The molecule has 0 aliphatic heterocycles. The normalized spacial score (nSPS) is 12.6. The van der Waals surface area contributed by atoms with E-state index in [0.717, 1.165) is 17.1 Å². The molecule has 1 nitrogen and oxygen atoms in total. The van der Waals surface area contributed by atoms with Crippen LogP contribution in [0.1, 0.15) is 22.3 Å². The Morgan fingerprint density at radius 3 is 1.43 bits per heavy atom. The lowest BCUT2D eigenvalue weighted by molar-refractivity contribution is 0.768. The number of hydrogen-bond donors (Lipinski definition) is 0. The van der Waals surface area contributed by atoms with Crippen molar-refractivity contribution in [2.24, 2.45) is 0 Å². The first-order valence-electron chi connectivity index (χ1n) is 20.1. The van der Waals surface area contributed by atoms with Gasteiger partial charge in [0.05, 0.1) is 5.41 Å². The van der Waals surface area contributed by atoms with Crippen molar-refractivity contribution in [1.82, 2.24) is 0 Å². The maximum absolute atomic E-state index is 2.41. The molecule has 272 valence electrons. The summed E-state index contributed by atoms with van der Waals surface area (Å²) in [5.74, 6) is 0. The van der Waals surface area contributed by atoms with E-state index in [2.05, 4.69) is 241 Å². The van der Waals surface area contributed by atoms with Crippen LogP contribution in [0.3, 0.4) is 0 Å². The fourth-order valence-corrected chi connectivity index (χ4v) is 9.54. The van der Waals surface area contributed by atoms with E-state index < -0.39 is 5.41 Å². The number of hydrogen-bond acceptors (Lipinski definition) is 1. The molecule has 0 radical (unpaired) electrons. The van der Waals surface area contributed by atoms with Crippen LogP contribution < -0.4 is 4.90 Å². The zero-order valence-corrected chi connectivity index (χ0v) is 32.0. The lowest BCUT2D eigenvalue weighted by atomic mass is 9.68. The molecule has 0 saturated carbocycles. The SMILES string of the molecule is c1ccc(-c2ccc(N(c3ccc(-c4cc5ccccc5c5ccccc45)cc3)c3ccc4c(c3)-c3ccccc3C4(c3ccccc3)c3ccccc3)cc2)cc1. The van der Waals surface area contributed by atoms with E-state index in [1.165, 1.54) is 77.2 Å². The fourth-order valence-electron chi connectivity index (χ4n) is 9.54. The van der Waals surface area contributed by atoms with Crippen molar-refractivity contribution in [3.05, 3.63) is 259 Å². The van der Waals surface area contributed by atoms with Crippen LogP contribution in [0.2, 0.25) is 0 Å². The first-order valence-corrected chi connectivity index (χ1v) is 20.1. The van der Waals surface area contributed by atoms with Gasteiger partial charge in [0.15, 0.2) is 0 Å². The summed E-state index contributed by atoms with van der Waals surface area (Å²) >= 11 is 0. The molecule has 0 fully saturated rings. The summed E-state index contributed by atoms with van der Waals surface area (Å²) in [6, 6.07) is 86.7. The fraction of sp³-hybridized carbons (Fsp3) is 0.0175. The number of nitrogens with zero attached hydrogens (tertiary/aromatic N) is 1. The van der Waals surface area contributed by atoms with Gasteiger partial charge in [-0.05, 0) is 120 Å². The molecule has 0 heterocycles. The summed E-state index contributed by atoms with van der Waals surface area (Å²) in [7, 11) is 0. The monoisotopic (exact) mass is 737 g/mol. The zero-order valence-electron chi connectivity index (χ0n) is 32.0. The van der Waals surface area contributed by atoms with E-state index in [1.807, 2.05) is 0 Å². The second-order valence-electron chi connectivity index (χ2n) is 15.2. The molecular weight excluding hydrogens is 699 g/mol. The molecule has 0 spiro atoms. The number of rotatable bonds is 7. The van der Waals surface area contributed by atoms with Crippen LogP contribution in [0.4, 0.5) is 17.1 Å². The number of benzene rings is 10. The Labute approximate surface area is 339 Å². The Bertz CT molecular complexity index is 3040. The van der Waals surface area contributed by atoms with Gasteiger partial charge < -0.3 is 4.90 Å². The highest BCUT2D eigenvalue weighted by atomic mass is 15.1. The molecule has 1 heteroatoms. The van der Waals surface area contributed by atoms with Crippen LogP contribution >= 0.6 is 0 Å². The van der Waals surface area contributed by atoms with Gasteiger partial charge in [0.25, 0.3) is 0 Å². The van der Waals surface area contributed by atoms with E-state index in [-0.39, 0.29) is 0 Å².